The molecule has 1 rings (SSSR count). The summed E-state index contributed by atoms with van der Waals surface area (Å²) in [5.41, 5.74) is 22.9. The maximum Gasteiger partial charge on any atom is 0.243 e. The van der Waals surface area contributed by atoms with Crippen LogP contribution < -0.4 is 76.1 Å². The summed E-state index contributed by atoms with van der Waals surface area (Å²) < 4.78 is 0. The van der Waals surface area contributed by atoms with Crippen molar-refractivity contribution < 1.29 is 53.1 Å². The van der Waals surface area contributed by atoms with E-state index in [1.54, 1.807) is 0 Å². The first-order valence-electron chi connectivity index (χ1n) is 30.7. The first kappa shape index (κ1) is 75.9. The molecule has 0 bridgehead atoms. The molecule has 0 aliphatic heterocycles. The zero-order valence-corrected chi connectivity index (χ0v) is 51.1. The second-order valence-corrected chi connectivity index (χ2v) is 22.1. The van der Waals surface area contributed by atoms with Crippen LogP contribution in [0.5, 0.6) is 5.75 Å². The Hall–Kier alpha value is -7.09. The number of hydrogen-bond donors (Lipinski definition) is 16. The first-order chi connectivity index (χ1) is 40.6. The third kappa shape index (κ3) is 37.1. The highest BCUT2D eigenvalue weighted by atomic mass is 16.3. The van der Waals surface area contributed by atoms with E-state index in [2.05, 4.69) is 60.1 Å². The van der Waals surface area contributed by atoms with Gasteiger partial charge in [-0.1, -0.05) is 110 Å². The number of aromatic hydroxyl groups is 1. The molecule has 0 aliphatic rings. The molecule has 482 valence electrons. The average molecular weight is 1200 g/mol. The summed E-state index contributed by atoms with van der Waals surface area (Å²) in [6.45, 7) is 5.71. The molecule has 0 saturated carbocycles. The van der Waals surface area contributed by atoms with E-state index >= 15 is 0 Å². The van der Waals surface area contributed by atoms with E-state index in [0.29, 0.717) is 44.1 Å². The van der Waals surface area contributed by atoms with Crippen molar-refractivity contribution in [1.29, 1.82) is 5.41 Å². The summed E-state index contributed by atoms with van der Waals surface area (Å²) in [7, 11) is 1.41. The van der Waals surface area contributed by atoms with Crippen LogP contribution in [0.1, 0.15) is 187 Å². The topological polar surface area (TPSA) is 439 Å². The smallest absolute Gasteiger partial charge is 0.243 e. The largest absolute Gasteiger partial charge is 0.508 e. The maximum atomic E-state index is 14.3. The number of carbonyl (C=O) groups excluding carboxylic acids is 10. The van der Waals surface area contributed by atoms with E-state index in [1.165, 1.54) is 89.1 Å². The van der Waals surface area contributed by atoms with Gasteiger partial charge in [0.25, 0.3) is 0 Å². The number of likely N-dealkylation sites (N-methyl/N-ethyl adjacent to an activating group) is 1. The predicted octanol–water partition coefficient (Wildman–Crippen LogP) is 1.14. The molecule has 0 spiro atoms. The molecule has 0 aromatic heterocycles. The molecule has 0 heterocycles. The van der Waals surface area contributed by atoms with Crippen LogP contribution in [0.15, 0.2) is 24.3 Å². The third-order valence-electron chi connectivity index (χ3n) is 14.1. The Morgan fingerprint density at radius 1 is 0.471 bits per heavy atom. The molecule has 26 heteroatoms. The van der Waals surface area contributed by atoms with Gasteiger partial charge in [0, 0.05) is 32.9 Å². The number of phenols is 1. The lowest BCUT2D eigenvalue weighted by Gasteiger charge is -2.28. The molecule has 0 fully saturated rings. The minimum absolute atomic E-state index is 0.0119. The van der Waals surface area contributed by atoms with E-state index in [0.717, 1.165) is 19.3 Å². The van der Waals surface area contributed by atoms with Gasteiger partial charge in [-0.15, -0.1) is 0 Å². The van der Waals surface area contributed by atoms with Crippen molar-refractivity contribution in [3.8, 4) is 5.75 Å². The van der Waals surface area contributed by atoms with Crippen molar-refractivity contribution in [1.82, 2.24) is 53.2 Å². The molecule has 0 saturated heterocycles. The van der Waals surface area contributed by atoms with E-state index in [1.807, 2.05) is 13.8 Å². The number of nitrogens with two attached hydrogens (primary N) is 4. The van der Waals surface area contributed by atoms with Crippen LogP contribution in [0.25, 0.3) is 0 Å². The highest BCUT2D eigenvalue weighted by molar-refractivity contribution is 5.97. The lowest BCUT2D eigenvalue weighted by Crippen LogP contribution is -2.60. The summed E-state index contributed by atoms with van der Waals surface area (Å²) in [5, 5.41) is 43.5. The quantitative estimate of drug-likeness (QED) is 0.0247. The number of carbonyl (C=O) groups is 10. The van der Waals surface area contributed by atoms with Gasteiger partial charge in [-0.3, -0.25) is 53.4 Å². The average Bonchev–Trinajstić information content (AvgIpc) is 3.67. The van der Waals surface area contributed by atoms with Crippen LogP contribution in [-0.4, -0.2) is 146 Å². The van der Waals surface area contributed by atoms with Crippen LogP contribution in [-0.2, 0) is 54.4 Å². The Balaban J connectivity index is 3.22. The Morgan fingerprint density at radius 2 is 0.894 bits per heavy atom. The minimum Gasteiger partial charge on any atom is -0.508 e. The highest BCUT2D eigenvalue weighted by Gasteiger charge is 2.34. The molecule has 6 atom stereocenters. The summed E-state index contributed by atoms with van der Waals surface area (Å²) in [5.74, 6) is -7.47. The van der Waals surface area contributed by atoms with Gasteiger partial charge in [-0.25, -0.2) is 0 Å². The monoisotopic (exact) mass is 1200 g/mol. The van der Waals surface area contributed by atoms with Crippen molar-refractivity contribution in [3.63, 3.8) is 0 Å². The summed E-state index contributed by atoms with van der Waals surface area (Å²) in [6, 6.07) is -1.88. The van der Waals surface area contributed by atoms with Gasteiger partial charge < -0.3 is 81.2 Å². The molecule has 85 heavy (non-hydrogen) atoms. The maximum absolute atomic E-state index is 14.3. The van der Waals surface area contributed by atoms with Gasteiger partial charge in [0.15, 0.2) is 5.96 Å². The summed E-state index contributed by atoms with van der Waals surface area (Å²) >= 11 is 0. The van der Waals surface area contributed by atoms with Gasteiger partial charge in [0.2, 0.25) is 59.1 Å². The fraction of sp³-hybridized carbons (Fsp3) is 0.712. The molecule has 0 unspecified atom stereocenters. The van der Waals surface area contributed by atoms with E-state index < -0.39 is 102 Å². The fourth-order valence-corrected chi connectivity index (χ4v) is 9.25. The van der Waals surface area contributed by atoms with Crippen molar-refractivity contribution in [2.45, 2.75) is 224 Å². The molecule has 0 aliphatic carbocycles. The molecule has 1 aromatic rings. The Labute approximate surface area is 503 Å². The predicted molar refractivity (Wildman–Crippen MR) is 327 cm³/mol. The second kappa shape index (κ2) is 46.2. The first-order valence-corrected chi connectivity index (χ1v) is 30.7. The van der Waals surface area contributed by atoms with Crippen molar-refractivity contribution >= 4 is 65.0 Å². The zero-order chi connectivity index (χ0) is 63.4. The number of unbranched alkanes of at least 4 members (excludes halogenated alkanes) is 14. The number of nitrogens with one attached hydrogen (secondary N) is 11. The number of phenolic OH excluding ortho intramolecular Hbond substituents is 1. The van der Waals surface area contributed by atoms with Gasteiger partial charge >= 0.3 is 0 Å². The molecule has 20 N–H and O–H groups in total. The van der Waals surface area contributed by atoms with Gasteiger partial charge in [0.1, 0.15) is 42.0 Å². The Bertz CT molecular complexity index is 2190. The van der Waals surface area contributed by atoms with E-state index in [9.17, 15) is 53.1 Å². The number of guanidine groups is 1. The van der Waals surface area contributed by atoms with Crippen LogP contribution >= 0.6 is 0 Å². The Kier molecular flexibility index (Phi) is 41.3. The molecular weight excluding hydrogens is 1090 g/mol. The van der Waals surface area contributed by atoms with Crippen molar-refractivity contribution in [2.24, 2.45) is 28.9 Å². The minimum atomic E-state index is -1.52. The second-order valence-electron chi connectivity index (χ2n) is 22.1. The van der Waals surface area contributed by atoms with Gasteiger partial charge in [0.05, 0.1) is 13.1 Å². The number of hydrogen-bond acceptors (Lipinski definition) is 14. The van der Waals surface area contributed by atoms with Crippen molar-refractivity contribution in [3.05, 3.63) is 29.8 Å². The van der Waals surface area contributed by atoms with Crippen LogP contribution in [0.3, 0.4) is 0 Å². The van der Waals surface area contributed by atoms with Crippen LogP contribution in [0.4, 0.5) is 0 Å². The van der Waals surface area contributed by atoms with Gasteiger partial charge in [-0.05, 0) is 107 Å². The van der Waals surface area contributed by atoms with Crippen LogP contribution in [0, 0.1) is 11.3 Å². The molecular formula is C59H105N15O11. The lowest BCUT2D eigenvalue weighted by molar-refractivity contribution is -0.136. The van der Waals surface area contributed by atoms with Gasteiger partial charge in [-0.2, -0.15) is 0 Å². The standard InChI is InChI=1S/C59H105N15O11/c1-5-6-7-8-9-10-11-12-13-14-15-16-17-26-50(77)67-38-51(78)68-39-52(79)69-48(37-41-27-29-42(75)30-28-41)58(85)73-46(31-32-49(62)76)56(83)72-44(23-18-20-33-60)54(81)71-45(24-19-21-34-61)55(82)74-47(36-40(2)3)57(84)70-43(53(80)65-4)25-22-35-66-59(63)64/h27-30,40,43-48,75H,5-26,31-39,60-61H2,1-4H3,(H2,62,76)(H,65,80)(H,67,77)(H,68,78)(H,69,79)(H,70,84)(H,71,81)(H,72,83)(H,73,85)(H,74,82)(H4,63,64,66)/t43-,44-,45-,46-,47-,48-/m0/s1. The van der Waals surface area contributed by atoms with Crippen molar-refractivity contribution in [2.75, 3.05) is 39.8 Å². The molecule has 1 aromatic carbocycles. The normalized spacial score (nSPS) is 13.1. The molecule has 26 nitrogen and oxygen atoms in total. The fourth-order valence-electron chi connectivity index (χ4n) is 9.25. The van der Waals surface area contributed by atoms with E-state index in [4.69, 9.17) is 28.3 Å². The highest BCUT2D eigenvalue weighted by Crippen LogP contribution is 2.16. The zero-order valence-electron chi connectivity index (χ0n) is 51.1. The van der Waals surface area contributed by atoms with Crippen LogP contribution in [0.2, 0.25) is 0 Å². The number of primary amides is 1. The summed E-state index contributed by atoms with van der Waals surface area (Å²) in [4.78, 5) is 134. The van der Waals surface area contributed by atoms with E-state index in [-0.39, 0.29) is 94.7 Å². The number of rotatable bonds is 49. The molecule has 0 radical (unpaired) electrons. The number of amides is 10. The SMILES string of the molecule is CCCCCCCCCCCCCCCC(=O)NCC(=O)NCC(=O)N[C@@H](Cc1ccc(O)cc1)C(=O)N[C@@H](CCC(N)=O)C(=O)N[C@@H](CCCCN)C(=O)N[C@@H](CCCCN)C(=O)N[C@@H](CC(C)C)C(=O)N[C@@H](CCCNC(=N)N)C(=O)NC. The molecule has 10 amide bonds. The summed E-state index contributed by atoms with van der Waals surface area (Å²) in [6.07, 6.45) is 16.9. The Morgan fingerprint density at radius 3 is 1.36 bits per heavy atom. The third-order valence-corrected chi connectivity index (χ3v) is 14.1. The number of benzene rings is 1. The lowest BCUT2D eigenvalue weighted by atomic mass is 10.0.